The highest BCUT2D eigenvalue weighted by Gasteiger charge is 2.37. The number of carbonyl (C=O) groups excluding carboxylic acids is 3. The van der Waals surface area contributed by atoms with Crippen LogP contribution in [0.3, 0.4) is 0 Å². The Morgan fingerprint density at radius 1 is 0.938 bits per heavy atom. The average molecular weight is 442 g/mol. The molecule has 170 valence electrons. The zero-order chi connectivity index (χ0) is 22.5. The molecule has 2 saturated heterocycles. The van der Waals surface area contributed by atoms with Crippen molar-refractivity contribution in [3.8, 4) is 0 Å². The van der Waals surface area contributed by atoms with Crippen LogP contribution in [0.25, 0.3) is 0 Å². The van der Waals surface area contributed by atoms with Crippen molar-refractivity contribution in [1.29, 1.82) is 0 Å². The Kier molecular flexibility index (Phi) is 6.87. The molecule has 0 aliphatic carbocycles. The van der Waals surface area contributed by atoms with Crippen LogP contribution in [0.15, 0.2) is 47.1 Å². The van der Waals surface area contributed by atoms with Gasteiger partial charge in [0.15, 0.2) is 5.76 Å². The number of halogens is 1. The van der Waals surface area contributed by atoms with E-state index in [1.54, 1.807) is 17.0 Å². The number of benzene rings is 1. The summed E-state index contributed by atoms with van der Waals surface area (Å²) in [4.78, 5) is 42.3. The smallest absolute Gasteiger partial charge is 0.289 e. The molecule has 0 saturated carbocycles. The van der Waals surface area contributed by atoms with Gasteiger partial charge in [-0.3, -0.25) is 14.4 Å². The number of amides is 3. The summed E-state index contributed by atoms with van der Waals surface area (Å²) in [5.74, 6) is -0.840. The van der Waals surface area contributed by atoms with Gasteiger partial charge in [-0.05, 0) is 74.4 Å². The van der Waals surface area contributed by atoms with Gasteiger partial charge in [-0.2, -0.15) is 0 Å². The Hall–Kier alpha value is -3.16. The molecule has 0 spiro atoms. The molecule has 1 N–H and O–H groups in total. The molecule has 2 aliphatic heterocycles. The first-order valence-electron chi connectivity index (χ1n) is 11.2. The summed E-state index contributed by atoms with van der Waals surface area (Å²) in [7, 11) is 0. The van der Waals surface area contributed by atoms with E-state index in [0.717, 1.165) is 19.3 Å². The topological polar surface area (TPSA) is 82.9 Å². The van der Waals surface area contributed by atoms with Crippen molar-refractivity contribution < 1.29 is 23.2 Å². The van der Waals surface area contributed by atoms with Gasteiger partial charge in [0.2, 0.25) is 5.91 Å². The van der Waals surface area contributed by atoms with Crippen LogP contribution in [0.4, 0.5) is 4.39 Å². The molecule has 3 heterocycles. The lowest BCUT2D eigenvalue weighted by Crippen LogP contribution is -2.55. The third-order valence-corrected chi connectivity index (χ3v) is 6.36. The second-order valence-electron chi connectivity index (χ2n) is 8.45. The summed E-state index contributed by atoms with van der Waals surface area (Å²) in [6.45, 7) is 2.36. The van der Waals surface area contributed by atoms with Crippen molar-refractivity contribution in [2.24, 2.45) is 5.92 Å². The summed E-state index contributed by atoms with van der Waals surface area (Å²) < 4.78 is 18.5. The largest absolute Gasteiger partial charge is 0.459 e. The molecule has 8 heteroatoms. The third kappa shape index (κ3) is 5.00. The predicted molar refractivity (Wildman–Crippen MR) is 115 cm³/mol. The maximum Gasteiger partial charge on any atom is 0.289 e. The Morgan fingerprint density at radius 2 is 1.62 bits per heavy atom. The van der Waals surface area contributed by atoms with Gasteiger partial charge < -0.3 is 19.5 Å². The van der Waals surface area contributed by atoms with E-state index < -0.39 is 17.8 Å². The Morgan fingerprint density at radius 3 is 2.25 bits per heavy atom. The van der Waals surface area contributed by atoms with Gasteiger partial charge in [0, 0.05) is 31.7 Å². The van der Waals surface area contributed by atoms with Crippen molar-refractivity contribution in [3.05, 3.63) is 59.8 Å². The minimum Gasteiger partial charge on any atom is -0.459 e. The second-order valence-corrected chi connectivity index (χ2v) is 8.45. The number of furan rings is 1. The highest BCUT2D eigenvalue weighted by atomic mass is 19.1. The van der Waals surface area contributed by atoms with Crippen molar-refractivity contribution in [2.45, 2.75) is 38.1 Å². The molecular weight excluding hydrogens is 413 g/mol. The molecule has 3 amide bonds. The van der Waals surface area contributed by atoms with E-state index in [0.29, 0.717) is 50.3 Å². The average Bonchev–Trinajstić information content (AvgIpc) is 3.38. The van der Waals surface area contributed by atoms with Gasteiger partial charge in [0.25, 0.3) is 11.8 Å². The Bertz CT molecular complexity index is 931. The zero-order valence-electron chi connectivity index (χ0n) is 18.0. The second kappa shape index (κ2) is 9.97. The van der Waals surface area contributed by atoms with Gasteiger partial charge in [-0.1, -0.05) is 0 Å². The van der Waals surface area contributed by atoms with Gasteiger partial charge in [-0.25, -0.2) is 4.39 Å². The lowest BCUT2D eigenvalue weighted by molar-refractivity contribution is -0.136. The van der Waals surface area contributed by atoms with Crippen molar-refractivity contribution in [1.82, 2.24) is 15.1 Å². The van der Waals surface area contributed by atoms with Gasteiger partial charge >= 0.3 is 0 Å². The molecule has 4 rings (SSSR count). The molecule has 32 heavy (non-hydrogen) atoms. The Labute approximate surface area is 186 Å². The van der Waals surface area contributed by atoms with E-state index in [2.05, 4.69) is 5.32 Å². The quantitative estimate of drug-likeness (QED) is 0.773. The van der Waals surface area contributed by atoms with Crippen molar-refractivity contribution in [2.75, 3.05) is 26.2 Å². The molecule has 1 unspecified atom stereocenters. The first kappa shape index (κ1) is 22.0. The van der Waals surface area contributed by atoms with Crippen LogP contribution in [0.2, 0.25) is 0 Å². The highest BCUT2D eigenvalue weighted by Crippen LogP contribution is 2.25. The number of nitrogens with zero attached hydrogens (tertiary/aromatic N) is 2. The molecule has 7 nitrogen and oxygen atoms in total. The molecular formula is C24H28FN3O4. The number of likely N-dealkylation sites (tertiary alicyclic amines) is 2. The highest BCUT2D eigenvalue weighted by molar-refractivity contribution is 5.97. The number of piperidine rings is 2. The van der Waals surface area contributed by atoms with Crippen LogP contribution < -0.4 is 5.32 Å². The fourth-order valence-electron chi connectivity index (χ4n) is 4.51. The van der Waals surface area contributed by atoms with Crippen LogP contribution in [-0.4, -0.2) is 59.7 Å². The fraction of sp³-hybridized carbons (Fsp3) is 0.458. The molecule has 1 aromatic heterocycles. The van der Waals surface area contributed by atoms with E-state index >= 15 is 0 Å². The lowest BCUT2D eigenvalue weighted by atomic mass is 9.87. The summed E-state index contributed by atoms with van der Waals surface area (Å²) in [6.07, 6.45) is 5.68. The van der Waals surface area contributed by atoms with Crippen LogP contribution in [0.5, 0.6) is 0 Å². The van der Waals surface area contributed by atoms with Crippen LogP contribution in [0, 0.1) is 11.7 Å². The Balaban J connectivity index is 1.46. The zero-order valence-corrected chi connectivity index (χ0v) is 18.0. The standard InChI is InChI=1S/C24H28FN3O4/c25-19-8-6-18(7-9-19)22(29)26-21(24(31)27-12-2-1-3-13-27)17-10-14-28(15-11-17)23(30)20-5-4-16-32-20/h4-9,16-17,21H,1-3,10-15H2,(H,26,29). The third-order valence-electron chi connectivity index (χ3n) is 6.36. The maximum absolute atomic E-state index is 13.4. The van der Waals surface area contributed by atoms with E-state index in [9.17, 15) is 18.8 Å². The number of rotatable bonds is 5. The van der Waals surface area contributed by atoms with Gasteiger partial charge in [-0.15, -0.1) is 0 Å². The first-order chi connectivity index (χ1) is 15.5. The van der Waals surface area contributed by atoms with E-state index in [-0.39, 0.29) is 17.7 Å². The molecule has 1 atom stereocenters. The number of nitrogens with one attached hydrogen (secondary N) is 1. The summed E-state index contributed by atoms with van der Waals surface area (Å²) in [5.41, 5.74) is 0.313. The number of carbonyl (C=O) groups is 3. The van der Waals surface area contributed by atoms with E-state index in [1.165, 1.54) is 30.5 Å². The molecule has 1 aromatic carbocycles. The van der Waals surface area contributed by atoms with Crippen molar-refractivity contribution in [3.63, 3.8) is 0 Å². The van der Waals surface area contributed by atoms with Crippen molar-refractivity contribution >= 4 is 17.7 Å². The monoisotopic (exact) mass is 441 g/mol. The predicted octanol–water partition coefficient (Wildman–Crippen LogP) is 3.08. The maximum atomic E-state index is 13.4. The number of hydrogen-bond acceptors (Lipinski definition) is 4. The molecule has 0 radical (unpaired) electrons. The normalized spacial score (nSPS) is 18.3. The number of hydrogen-bond donors (Lipinski definition) is 1. The molecule has 2 aromatic rings. The van der Waals surface area contributed by atoms with Gasteiger partial charge in [0.05, 0.1) is 6.26 Å². The summed E-state index contributed by atoms with van der Waals surface area (Å²) >= 11 is 0. The minimum absolute atomic E-state index is 0.0732. The first-order valence-corrected chi connectivity index (χ1v) is 11.2. The minimum atomic E-state index is -0.675. The summed E-state index contributed by atoms with van der Waals surface area (Å²) in [5, 5.41) is 2.92. The molecule has 2 fully saturated rings. The van der Waals surface area contributed by atoms with Crippen LogP contribution >= 0.6 is 0 Å². The molecule has 0 bridgehead atoms. The molecule has 2 aliphatic rings. The van der Waals surface area contributed by atoms with E-state index in [4.69, 9.17) is 4.42 Å². The van der Waals surface area contributed by atoms with Gasteiger partial charge in [0.1, 0.15) is 11.9 Å². The van der Waals surface area contributed by atoms with Crippen LogP contribution in [0.1, 0.15) is 53.0 Å². The lowest BCUT2D eigenvalue weighted by Gasteiger charge is -2.38. The van der Waals surface area contributed by atoms with E-state index in [1.807, 2.05) is 4.90 Å². The fourth-order valence-corrected chi connectivity index (χ4v) is 4.51. The SMILES string of the molecule is O=C(NC(C(=O)N1CCCCC1)C1CCN(C(=O)c2ccco2)CC1)c1ccc(F)cc1. The van der Waals surface area contributed by atoms with Crippen LogP contribution in [-0.2, 0) is 4.79 Å². The summed E-state index contributed by atoms with van der Waals surface area (Å²) in [6, 6.07) is 7.93.